The average Bonchev–Trinajstić information content (AvgIpc) is 2.46. The van der Waals surface area contributed by atoms with Crippen LogP contribution < -0.4 is 4.57 Å². The number of aryl methyl sites for hydroxylation is 3. The van der Waals surface area contributed by atoms with Crippen molar-refractivity contribution in [3.8, 4) is 11.3 Å². The second-order valence-electron chi connectivity index (χ2n) is 5.24. The SMILES string of the molecule is [2H]C([2H])([2H])c1ccc(-c2ccc(C([2H])([2H])C(C)C)cc2C)[n+](C)c1. The highest BCUT2D eigenvalue weighted by Crippen LogP contribution is 2.22. The van der Waals surface area contributed by atoms with E-state index in [1.807, 2.05) is 46.0 Å². The van der Waals surface area contributed by atoms with Crippen molar-refractivity contribution < 1.29 is 11.4 Å². The zero-order chi connectivity index (χ0) is 18.3. The molecule has 2 rings (SSSR count). The Hall–Kier alpha value is -1.63. The van der Waals surface area contributed by atoms with Crippen LogP contribution in [0, 0.1) is 19.7 Å². The molecule has 1 heterocycles. The van der Waals surface area contributed by atoms with E-state index in [0.717, 1.165) is 16.8 Å². The Morgan fingerprint density at radius 3 is 2.63 bits per heavy atom. The highest BCUT2D eigenvalue weighted by Gasteiger charge is 2.12. The predicted molar refractivity (Wildman–Crippen MR) is 81.1 cm³/mol. The molecule has 0 radical (unpaired) electrons. The number of hydrogen-bond donors (Lipinski definition) is 0. The largest absolute Gasteiger partial charge is 0.212 e. The lowest BCUT2D eigenvalue weighted by molar-refractivity contribution is -0.660. The highest BCUT2D eigenvalue weighted by molar-refractivity contribution is 5.61. The van der Waals surface area contributed by atoms with Gasteiger partial charge in [0, 0.05) is 24.0 Å². The molecule has 0 saturated heterocycles. The first-order chi connectivity index (χ1) is 10.9. The molecule has 0 amide bonds. The number of hydrogen-bond acceptors (Lipinski definition) is 0. The Balaban J connectivity index is 2.48. The maximum atomic E-state index is 8.23. The lowest BCUT2D eigenvalue weighted by atomic mass is 9.97. The topological polar surface area (TPSA) is 3.88 Å². The number of benzene rings is 1. The molecule has 0 unspecified atom stereocenters. The van der Waals surface area contributed by atoms with Crippen molar-refractivity contribution in [2.24, 2.45) is 13.0 Å². The summed E-state index contributed by atoms with van der Waals surface area (Å²) in [4.78, 5) is 0. The van der Waals surface area contributed by atoms with Crippen LogP contribution in [0.4, 0.5) is 0 Å². The number of rotatable bonds is 3. The molecule has 1 nitrogen and oxygen atoms in total. The maximum absolute atomic E-state index is 8.23. The van der Waals surface area contributed by atoms with Crippen LogP contribution in [0.3, 0.4) is 0 Å². The van der Waals surface area contributed by atoms with E-state index in [4.69, 9.17) is 6.85 Å². The summed E-state index contributed by atoms with van der Waals surface area (Å²) in [5, 5.41) is 0. The second-order valence-corrected chi connectivity index (χ2v) is 5.24. The molecule has 19 heavy (non-hydrogen) atoms. The van der Waals surface area contributed by atoms with E-state index in [0.29, 0.717) is 11.1 Å². The van der Waals surface area contributed by atoms with E-state index in [1.54, 1.807) is 22.9 Å². The normalized spacial score (nSPS) is 16.4. The minimum atomic E-state index is -2.12. The van der Waals surface area contributed by atoms with E-state index in [2.05, 4.69) is 0 Å². The van der Waals surface area contributed by atoms with Gasteiger partial charge in [-0.2, -0.15) is 0 Å². The van der Waals surface area contributed by atoms with E-state index >= 15 is 0 Å². The quantitative estimate of drug-likeness (QED) is 0.734. The maximum Gasteiger partial charge on any atom is 0.212 e. The zero-order valence-electron chi connectivity index (χ0n) is 17.0. The summed E-state index contributed by atoms with van der Waals surface area (Å²) in [5.41, 5.74) is 3.81. The first-order valence-electron chi connectivity index (χ1n) is 9.06. The molecule has 0 aliphatic heterocycles. The van der Waals surface area contributed by atoms with Crippen molar-refractivity contribution in [1.82, 2.24) is 0 Å². The van der Waals surface area contributed by atoms with Gasteiger partial charge in [0.05, 0.1) is 0 Å². The monoisotopic (exact) mass is 259 g/mol. The Bertz CT molecular complexity index is 748. The molecule has 0 spiro atoms. The number of pyridine rings is 1. The van der Waals surface area contributed by atoms with Gasteiger partial charge in [0.1, 0.15) is 7.05 Å². The van der Waals surface area contributed by atoms with Crippen LogP contribution in [-0.2, 0) is 13.4 Å². The molecule has 1 heteroatoms. The van der Waals surface area contributed by atoms with Crippen LogP contribution in [0.25, 0.3) is 11.3 Å². The van der Waals surface area contributed by atoms with Gasteiger partial charge in [-0.25, -0.2) is 4.57 Å². The molecule has 1 aromatic carbocycles. The van der Waals surface area contributed by atoms with Gasteiger partial charge in [-0.3, -0.25) is 0 Å². The first-order valence-corrected chi connectivity index (χ1v) is 6.56. The summed E-state index contributed by atoms with van der Waals surface area (Å²) in [5.74, 6) is -0.113. The van der Waals surface area contributed by atoms with Crippen LogP contribution in [0.15, 0.2) is 36.5 Å². The minimum absolute atomic E-state index is 0.113. The third-order valence-electron chi connectivity index (χ3n) is 3.09. The number of nitrogens with zero attached hydrogens (tertiary/aromatic N) is 1. The van der Waals surface area contributed by atoms with Crippen LogP contribution in [0.5, 0.6) is 0 Å². The van der Waals surface area contributed by atoms with Crippen molar-refractivity contribution in [1.29, 1.82) is 0 Å². The van der Waals surface area contributed by atoms with Crippen LogP contribution in [-0.4, -0.2) is 0 Å². The summed E-state index contributed by atoms with van der Waals surface area (Å²) in [6, 6.07) is 9.05. The summed E-state index contributed by atoms with van der Waals surface area (Å²) in [7, 11) is 1.82. The molecule has 0 saturated carbocycles. The van der Waals surface area contributed by atoms with Gasteiger partial charge in [-0.05, 0) is 49.3 Å². The molecular weight excluding hydrogens is 230 g/mol. The van der Waals surface area contributed by atoms with E-state index in [-0.39, 0.29) is 5.92 Å². The van der Waals surface area contributed by atoms with Gasteiger partial charge in [0.15, 0.2) is 6.20 Å². The fourth-order valence-corrected chi connectivity index (χ4v) is 2.26. The zero-order valence-corrected chi connectivity index (χ0v) is 12.0. The van der Waals surface area contributed by atoms with Gasteiger partial charge in [-0.15, -0.1) is 0 Å². The highest BCUT2D eigenvalue weighted by atomic mass is 14.9. The molecule has 0 atom stereocenters. The average molecular weight is 259 g/mol. The molecule has 0 bridgehead atoms. The second kappa shape index (κ2) is 5.56. The van der Waals surface area contributed by atoms with Crippen molar-refractivity contribution in [2.75, 3.05) is 0 Å². The third kappa shape index (κ3) is 3.23. The Morgan fingerprint density at radius 1 is 1.26 bits per heavy atom. The Kier molecular flexibility index (Phi) is 2.49. The Morgan fingerprint density at radius 2 is 2.05 bits per heavy atom. The summed E-state index contributed by atoms with van der Waals surface area (Å²) in [6.07, 6.45) is 0.250. The molecule has 2 aromatic rings. The fraction of sp³-hybridized carbons (Fsp3) is 0.389. The van der Waals surface area contributed by atoms with Gasteiger partial charge in [0.2, 0.25) is 5.69 Å². The van der Waals surface area contributed by atoms with Gasteiger partial charge >= 0.3 is 0 Å². The third-order valence-corrected chi connectivity index (χ3v) is 3.09. The lowest BCUT2D eigenvalue weighted by Gasteiger charge is -2.09. The van der Waals surface area contributed by atoms with Gasteiger partial charge in [-0.1, -0.05) is 26.0 Å². The van der Waals surface area contributed by atoms with Crippen LogP contribution >= 0.6 is 0 Å². The summed E-state index contributed by atoms with van der Waals surface area (Å²) >= 11 is 0. The molecular formula is C18H24N+. The van der Waals surface area contributed by atoms with Crippen molar-refractivity contribution in [3.05, 3.63) is 53.2 Å². The standard InChI is InChI=1S/C18H24N/c1-13(2)10-16-7-8-17(15(4)11-16)18-9-6-14(3)12-19(18)5/h6-9,11-13H,10H2,1-5H3/q+1/i3D3,10D2. The molecule has 1 aromatic heterocycles. The molecule has 0 aliphatic rings. The van der Waals surface area contributed by atoms with Crippen molar-refractivity contribution in [2.45, 2.75) is 34.0 Å². The van der Waals surface area contributed by atoms with E-state index < -0.39 is 13.2 Å². The lowest BCUT2D eigenvalue weighted by Crippen LogP contribution is -2.31. The van der Waals surface area contributed by atoms with Gasteiger partial charge in [0.25, 0.3) is 0 Å². The number of aromatic nitrogens is 1. The van der Waals surface area contributed by atoms with E-state index in [9.17, 15) is 0 Å². The summed E-state index contributed by atoms with van der Waals surface area (Å²) < 4.78 is 40.8. The predicted octanol–water partition coefficient (Wildman–Crippen LogP) is 3.99. The molecule has 0 N–H and O–H groups in total. The smallest absolute Gasteiger partial charge is 0.201 e. The van der Waals surface area contributed by atoms with E-state index in [1.165, 1.54) is 0 Å². The minimum Gasteiger partial charge on any atom is -0.201 e. The van der Waals surface area contributed by atoms with Crippen LogP contribution in [0.2, 0.25) is 0 Å². The molecule has 100 valence electrons. The fourth-order valence-electron chi connectivity index (χ4n) is 2.26. The molecule has 0 fully saturated rings. The van der Waals surface area contributed by atoms with Crippen LogP contribution in [0.1, 0.15) is 37.4 Å². The first kappa shape index (κ1) is 8.52. The van der Waals surface area contributed by atoms with Crippen molar-refractivity contribution in [3.63, 3.8) is 0 Å². The molecule has 0 aliphatic carbocycles. The summed E-state index contributed by atoms with van der Waals surface area (Å²) in [6.45, 7) is 3.57. The van der Waals surface area contributed by atoms with Gasteiger partial charge < -0.3 is 0 Å². The van der Waals surface area contributed by atoms with Crippen molar-refractivity contribution >= 4 is 0 Å². The Labute approximate surface area is 123 Å².